The lowest BCUT2D eigenvalue weighted by molar-refractivity contribution is -0.0554. The molecular weight excluding hydrogens is 294 g/mol. The Hall–Kier alpha value is -2.63. The van der Waals surface area contributed by atoms with E-state index in [1.807, 2.05) is 24.3 Å². The van der Waals surface area contributed by atoms with Crippen molar-refractivity contribution in [1.29, 1.82) is 0 Å². The number of carboxylic acid groups (broad SMARTS) is 1. The highest BCUT2D eigenvalue weighted by Gasteiger charge is 2.28. The SMILES string of the molecule is C=CC(NOCC1c2ccccc2-c2ccccc21)OC(=O)O. The third-order valence-corrected chi connectivity index (χ3v) is 3.85. The molecule has 5 heteroatoms. The molecule has 0 amide bonds. The van der Waals surface area contributed by atoms with Gasteiger partial charge in [0.15, 0.2) is 6.23 Å². The van der Waals surface area contributed by atoms with Crippen molar-refractivity contribution in [1.82, 2.24) is 5.48 Å². The summed E-state index contributed by atoms with van der Waals surface area (Å²) in [4.78, 5) is 16.0. The van der Waals surface area contributed by atoms with Crippen molar-refractivity contribution in [2.75, 3.05) is 6.61 Å². The van der Waals surface area contributed by atoms with Gasteiger partial charge in [-0.05, 0) is 28.3 Å². The van der Waals surface area contributed by atoms with E-state index >= 15 is 0 Å². The first kappa shape index (κ1) is 15.3. The Balaban J connectivity index is 1.73. The summed E-state index contributed by atoms with van der Waals surface area (Å²) in [5.74, 6) is 0.0881. The van der Waals surface area contributed by atoms with E-state index in [4.69, 9.17) is 9.94 Å². The van der Waals surface area contributed by atoms with Gasteiger partial charge in [-0.15, -0.1) is 0 Å². The Labute approximate surface area is 134 Å². The van der Waals surface area contributed by atoms with E-state index in [1.54, 1.807) is 0 Å². The minimum absolute atomic E-state index is 0.0881. The van der Waals surface area contributed by atoms with Crippen molar-refractivity contribution in [3.05, 3.63) is 72.3 Å². The van der Waals surface area contributed by atoms with Crippen LogP contribution in [0.3, 0.4) is 0 Å². The zero-order valence-electron chi connectivity index (χ0n) is 12.4. The topological polar surface area (TPSA) is 67.8 Å². The minimum atomic E-state index is -1.39. The summed E-state index contributed by atoms with van der Waals surface area (Å²) in [5.41, 5.74) is 7.38. The fourth-order valence-electron chi connectivity index (χ4n) is 2.88. The molecule has 0 saturated heterocycles. The Morgan fingerprint density at radius 2 is 1.74 bits per heavy atom. The quantitative estimate of drug-likeness (QED) is 0.370. The van der Waals surface area contributed by atoms with Crippen LogP contribution in [0.4, 0.5) is 4.79 Å². The Kier molecular flexibility index (Phi) is 4.41. The molecule has 0 saturated carbocycles. The molecule has 1 aliphatic rings. The lowest BCUT2D eigenvalue weighted by atomic mass is 9.98. The lowest BCUT2D eigenvalue weighted by Crippen LogP contribution is -2.32. The maximum atomic E-state index is 10.5. The maximum absolute atomic E-state index is 10.5. The van der Waals surface area contributed by atoms with Crippen molar-refractivity contribution in [2.45, 2.75) is 12.1 Å². The van der Waals surface area contributed by atoms with Gasteiger partial charge in [0.05, 0.1) is 6.61 Å². The Bertz CT molecular complexity index is 683. The van der Waals surface area contributed by atoms with Crippen LogP contribution in [0.5, 0.6) is 0 Å². The summed E-state index contributed by atoms with van der Waals surface area (Å²) < 4.78 is 4.57. The van der Waals surface area contributed by atoms with Crippen molar-refractivity contribution >= 4 is 6.16 Å². The van der Waals surface area contributed by atoms with E-state index in [2.05, 4.69) is 41.1 Å². The van der Waals surface area contributed by atoms with Crippen LogP contribution in [0, 0.1) is 0 Å². The molecule has 2 N–H and O–H groups in total. The maximum Gasteiger partial charge on any atom is 0.507 e. The van der Waals surface area contributed by atoms with Crippen molar-refractivity contribution in [3.63, 3.8) is 0 Å². The molecule has 23 heavy (non-hydrogen) atoms. The summed E-state index contributed by atoms with van der Waals surface area (Å²) in [5, 5.41) is 8.62. The highest BCUT2D eigenvalue weighted by molar-refractivity contribution is 5.78. The Morgan fingerprint density at radius 3 is 2.26 bits per heavy atom. The molecule has 0 radical (unpaired) electrons. The van der Waals surface area contributed by atoms with Gasteiger partial charge in [0, 0.05) is 5.92 Å². The van der Waals surface area contributed by atoms with E-state index in [-0.39, 0.29) is 5.92 Å². The van der Waals surface area contributed by atoms with Crippen molar-refractivity contribution in [2.24, 2.45) is 0 Å². The van der Waals surface area contributed by atoms with E-state index in [1.165, 1.54) is 28.3 Å². The van der Waals surface area contributed by atoms with E-state index in [0.717, 1.165) is 0 Å². The molecule has 0 heterocycles. The molecule has 1 atom stereocenters. The zero-order valence-corrected chi connectivity index (χ0v) is 12.4. The first-order valence-electron chi connectivity index (χ1n) is 7.28. The molecule has 0 spiro atoms. The molecule has 0 aliphatic heterocycles. The fraction of sp³-hybridized carbons (Fsp3) is 0.167. The number of hydrogen-bond donors (Lipinski definition) is 2. The monoisotopic (exact) mass is 311 g/mol. The van der Waals surface area contributed by atoms with E-state index < -0.39 is 12.4 Å². The predicted molar refractivity (Wildman–Crippen MR) is 85.9 cm³/mol. The zero-order chi connectivity index (χ0) is 16.2. The van der Waals surface area contributed by atoms with Gasteiger partial charge in [-0.3, -0.25) is 4.84 Å². The van der Waals surface area contributed by atoms with E-state index in [0.29, 0.717) is 6.61 Å². The molecule has 0 bridgehead atoms. The average Bonchev–Trinajstić information content (AvgIpc) is 2.88. The summed E-state index contributed by atoms with van der Waals surface area (Å²) in [6, 6.07) is 16.4. The van der Waals surface area contributed by atoms with Crippen LogP contribution in [-0.2, 0) is 9.57 Å². The second-order valence-electron chi connectivity index (χ2n) is 5.20. The Morgan fingerprint density at radius 1 is 1.17 bits per heavy atom. The molecule has 0 fully saturated rings. The van der Waals surface area contributed by atoms with Crippen molar-refractivity contribution in [3.8, 4) is 11.1 Å². The highest BCUT2D eigenvalue weighted by Crippen LogP contribution is 2.44. The number of ether oxygens (including phenoxy) is 1. The number of fused-ring (bicyclic) bond motifs is 3. The van der Waals surface area contributed by atoms with Gasteiger partial charge >= 0.3 is 6.16 Å². The second-order valence-corrected chi connectivity index (χ2v) is 5.20. The average molecular weight is 311 g/mol. The van der Waals surface area contributed by atoms with Crippen LogP contribution < -0.4 is 5.48 Å². The lowest BCUT2D eigenvalue weighted by Gasteiger charge is -2.17. The van der Waals surface area contributed by atoms with Gasteiger partial charge in [-0.2, -0.15) is 5.48 Å². The molecule has 2 aromatic rings. The minimum Gasteiger partial charge on any atom is -0.450 e. The van der Waals surface area contributed by atoms with Crippen LogP contribution in [-0.4, -0.2) is 24.1 Å². The third-order valence-electron chi connectivity index (χ3n) is 3.85. The largest absolute Gasteiger partial charge is 0.507 e. The highest BCUT2D eigenvalue weighted by atomic mass is 16.7. The predicted octanol–water partition coefficient (Wildman–Crippen LogP) is 3.53. The van der Waals surface area contributed by atoms with Crippen LogP contribution in [0.25, 0.3) is 11.1 Å². The summed E-state index contributed by atoms with van der Waals surface area (Å²) in [7, 11) is 0. The summed E-state index contributed by atoms with van der Waals surface area (Å²) >= 11 is 0. The molecule has 2 aromatic carbocycles. The van der Waals surface area contributed by atoms with E-state index in [9.17, 15) is 4.79 Å². The standard InChI is InChI=1S/C18H17NO4/c1-2-17(23-18(20)21)19-22-11-16-14-9-5-3-7-12(14)13-8-4-6-10-15(13)16/h2-10,16-17,19H,1,11H2,(H,20,21). The van der Waals surface area contributed by atoms with Crippen LogP contribution in [0.1, 0.15) is 17.0 Å². The van der Waals surface area contributed by atoms with Gasteiger partial charge in [0.2, 0.25) is 0 Å². The number of rotatable bonds is 6. The van der Waals surface area contributed by atoms with Crippen LogP contribution >= 0.6 is 0 Å². The number of nitrogens with one attached hydrogen (secondary N) is 1. The van der Waals surface area contributed by atoms with Crippen LogP contribution in [0.2, 0.25) is 0 Å². The third kappa shape index (κ3) is 3.11. The van der Waals surface area contributed by atoms with Crippen molar-refractivity contribution < 1.29 is 19.5 Å². The van der Waals surface area contributed by atoms with Gasteiger partial charge in [-0.25, -0.2) is 4.79 Å². The molecule has 118 valence electrons. The molecule has 5 nitrogen and oxygen atoms in total. The number of benzene rings is 2. The van der Waals surface area contributed by atoms with Gasteiger partial charge < -0.3 is 9.84 Å². The number of hydroxylamine groups is 1. The summed E-state index contributed by atoms with van der Waals surface area (Å²) in [6.45, 7) is 3.87. The summed E-state index contributed by atoms with van der Waals surface area (Å²) in [6.07, 6.45) is -0.966. The van der Waals surface area contributed by atoms with Crippen LogP contribution in [0.15, 0.2) is 61.2 Å². The fourth-order valence-corrected chi connectivity index (χ4v) is 2.88. The number of carbonyl (C=O) groups is 1. The normalized spacial score (nSPS) is 13.9. The van der Waals surface area contributed by atoms with Gasteiger partial charge in [0.1, 0.15) is 0 Å². The molecule has 1 aliphatic carbocycles. The molecular formula is C18H17NO4. The second kappa shape index (κ2) is 6.64. The first-order chi connectivity index (χ1) is 11.2. The number of hydrogen-bond acceptors (Lipinski definition) is 4. The van der Waals surface area contributed by atoms with Gasteiger partial charge in [0.25, 0.3) is 0 Å². The smallest absolute Gasteiger partial charge is 0.450 e. The van der Waals surface area contributed by atoms with Gasteiger partial charge in [-0.1, -0.05) is 55.1 Å². The molecule has 0 aromatic heterocycles. The molecule has 3 rings (SSSR count). The molecule has 1 unspecified atom stereocenters. The first-order valence-corrected chi connectivity index (χ1v) is 7.28.